The van der Waals surface area contributed by atoms with Crippen molar-refractivity contribution in [3.63, 3.8) is 0 Å². The average Bonchev–Trinajstić information content (AvgIpc) is 2.81. The molecular formula is C12H12N2O3S. The summed E-state index contributed by atoms with van der Waals surface area (Å²) in [6.07, 6.45) is 0. The molecule has 0 amide bonds. The number of aromatic hydroxyl groups is 1. The molecular weight excluding hydrogens is 252 g/mol. The summed E-state index contributed by atoms with van der Waals surface area (Å²) in [6, 6.07) is 10.2. The minimum Gasteiger partial charge on any atom is -0.508 e. The van der Waals surface area contributed by atoms with Crippen LogP contribution in [0.2, 0.25) is 0 Å². The molecule has 0 atom stereocenters. The van der Waals surface area contributed by atoms with Crippen molar-refractivity contribution in [2.45, 2.75) is 13.1 Å². The molecule has 0 unspecified atom stereocenters. The molecule has 0 radical (unpaired) electrons. The first-order chi connectivity index (χ1) is 8.65. The van der Waals surface area contributed by atoms with Gasteiger partial charge in [0.25, 0.3) is 0 Å². The zero-order valence-electron chi connectivity index (χ0n) is 9.50. The molecule has 2 N–H and O–H groups in total. The second kappa shape index (κ2) is 5.61. The molecule has 0 spiro atoms. The van der Waals surface area contributed by atoms with Crippen LogP contribution in [0.25, 0.3) is 0 Å². The number of hydrogen-bond acceptors (Lipinski definition) is 5. The standard InChI is InChI=1S/C12H12N2O3S/c15-10-3-1-9(2-4-10)7-13-8-11-5-6-12(18-11)14(16)17/h1-6,13,15H,7-8H2. The van der Waals surface area contributed by atoms with Crippen LogP contribution in [0.15, 0.2) is 36.4 Å². The fourth-order valence-electron chi connectivity index (χ4n) is 1.50. The van der Waals surface area contributed by atoms with Gasteiger partial charge in [0.05, 0.1) is 4.92 Å². The lowest BCUT2D eigenvalue weighted by Crippen LogP contribution is -2.11. The minimum atomic E-state index is -0.381. The lowest BCUT2D eigenvalue weighted by molar-refractivity contribution is -0.380. The van der Waals surface area contributed by atoms with Gasteiger partial charge in [-0.15, -0.1) is 0 Å². The smallest absolute Gasteiger partial charge is 0.324 e. The van der Waals surface area contributed by atoms with Gasteiger partial charge in [0.15, 0.2) is 0 Å². The van der Waals surface area contributed by atoms with Crippen molar-refractivity contribution in [3.8, 4) is 5.75 Å². The van der Waals surface area contributed by atoms with Crippen molar-refractivity contribution in [1.82, 2.24) is 5.32 Å². The predicted molar refractivity (Wildman–Crippen MR) is 69.6 cm³/mol. The number of phenolic OH excluding ortho intramolecular Hbond substituents is 1. The van der Waals surface area contributed by atoms with E-state index in [1.165, 1.54) is 17.4 Å². The Morgan fingerprint density at radius 1 is 1.17 bits per heavy atom. The highest BCUT2D eigenvalue weighted by atomic mass is 32.1. The Balaban J connectivity index is 1.84. The van der Waals surface area contributed by atoms with E-state index in [4.69, 9.17) is 5.11 Å². The molecule has 18 heavy (non-hydrogen) atoms. The highest BCUT2D eigenvalue weighted by Crippen LogP contribution is 2.23. The van der Waals surface area contributed by atoms with E-state index in [1.807, 2.05) is 12.1 Å². The van der Waals surface area contributed by atoms with Gasteiger partial charge >= 0.3 is 5.00 Å². The summed E-state index contributed by atoms with van der Waals surface area (Å²) in [4.78, 5) is 11.1. The van der Waals surface area contributed by atoms with Crippen molar-refractivity contribution in [2.75, 3.05) is 0 Å². The summed E-state index contributed by atoms with van der Waals surface area (Å²) < 4.78 is 0. The van der Waals surface area contributed by atoms with E-state index >= 15 is 0 Å². The van der Waals surface area contributed by atoms with Crippen LogP contribution in [0.5, 0.6) is 5.75 Å². The molecule has 1 aromatic carbocycles. The number of nitro groups is 1. The number of thiophene rings is 1. The Kier molecular flexibility index (Phi) is 3.91. The first-order valence-electron chi connectivity index (χ1n) is 5.37. The van der Waals surface area contributed by atoms with Gasteiger partial charge in [-0.2, -0.15) is 0 Å². The Morgan fingerprint density at radius 2 is 1.89 bits per heavy atom. The van der Waals surface area contributed by atoms with E-state index < -0.39 is 0 Å². The molecule has 0 fully saturated rings. The van der Waals surface area contributed by atoms with Crippen molar-refractivity contribution < 1.29 is 10.0 Å². The average molecular weight is 264 g/mol. The van der Waals surface area contributed by atoms with Crippen molar-refractivity contribution in [3.05, 3.63) is 57.0 Å². The van der Waals surface area contributed by atoms with Crippen LogP contribution < -0.4 is 5.32 Å². The summed E-state index contributed by atoms with van der Waals surface area (Å²) in [5.41, 5.74) is 1.05. The second-order valence-corrected chi connectivity index (χ2v) is 4.91. The summed E-state index contributed by atoms with van der Waals surface area (Å²) in [6.45, 7) is 1.26. The Bertz CT molecular complexity index is 537. The Hall–Kier alpha value is -1.92. The SMILES string of the molecule is O=[N+]([O-])c1ccc(CNCc2ccc(O)cc2)s1. The van der Waals surface area contributed by atoms with E-state index in [-0.39, 0.29) is 15.7 Å². The largest absolute Gasteiger partial charge is 0.508 e. The topological polar surface area (TPSA) is 75.4 Å². The molecule has 94 valence electrons. The number of nitrogens with zero attached hydrogens (tertiary/aromatic N) is 1. The maximum atomic E-state index is 10.5. The molecule has 5 nitrogen and oxygen atoms in total. The van der Waals surface area contributed by atoms with Gasteiger partial charge in [-0.05, 0) is 23.8 Å². The third-order valence-electron chi connectivity index (χ3n) is 2.39. The highest BCUT2D eigenvalue weighted by Gasteiger charge is 2.08. The summed E-state index contributed by atoms with van der Waals surface area (Å²) >= 11 is 1.18. The van der Waals surface area contributed by atoms with Crippen LogP contribution in [0, 0.1) is 10.1 Å². The molecule has 0 aliphatic carbocycles. The molecule has 0 aliphatic rings. The number of phenols is 1. The molecule has 1 aromatic heterocycles. The van der Waals surface area contributed by atoms with Gasteiger partial charge in [0, 0.05) is 24.0 Å². The van der Waals surface area contributed by atoms with Crippen LogP contribution in [-0.2, 0) is 13.1 Å². The van der Waals surface area contributed by atoms with E-state index in [2.05, 4.69) is 5.32 Å². The van der Waals surface area contributed by atoms with Crippen molar-refractivity contribution in [1.29, 1.82) is 0 Å². The van der Waals surface area contributed by atoms with Crippen LogP contribution >= 0.6 is 11.3 Å². The lowest BCUT2D eigenvalue weighted by Gasteiger charge is -2.03. The van der Waals surface area contributed by atoms with Gasteiger partial charge in [0.1, 0.15) is 5.75 Å². The number of benzene rings is 1. The lowest BCUT2D eigenvalue weighted by atomic mass is 10.2. The zero-order valence-corrected chi connectivity index (χ0v) is 10.3. The fraction of sp³-hybridized carbons (Fsp3) is 0.167. The van der Waals surface area contributed by atoms with E-state index in [9.17, 15) is 10.1 Å². The van der Waals surface area contributed by atoms with Gasteiger partial charge < -0.3 is 10.4 Å². The summed E-state index contributed by atoms with van der Waals surface area (Å²) in [5.74, 6) is 0.243. The second-order valence-electron chi connectivity index (χ2n) is 3.77. The maximum Gasteiger partial charge on any atom is 0.324 e. The Labute approximate surface area is 108 Å². The molecule has 0 bridgehead atoms. The number of nitrogens with one attached hydrogen (secondary N) is 1. The van der Waals surface area contributed by atoms with Crippen LogP contribution in [0.3, 0.4) is 0 Å². The molecule has 2 rings (SSSR count). The highest BCUT2D eigenvalue weighted by molar-refractivity contribution is 7.15. The van der Waals surface area contributed by atoms with Gasteiger partial charge in [-0.1, -0.05) is 23.5 Å². The molecule has 0 saturated heterocycles. The van der Waals surface area contributed by atoms with Crippen LogP contribution in [0.1, 0.15) is 10.4 Å². The van der Waals surface area contributed by atoms with Crippen molar-refractivity contribution in [2.24, 2.45) is 0 Å². The van der Waals surface area contributed by atoms with Gasteiger partial charge in [-0.3, -0.25) is 10.1 Å². The predicted octanol–water partition coefficient (Wildman–Crippen LogP) is 2.65. The van der Waals surface area contributed by atoms with Crippen molar-refractivity contribution >= 4 is 16.3 Å². The molecule has 6 heteroatoms. The van der Waals surface area contributed by atoms with E-state index in [1.54, 1.807) is 18.2 Å². The van der Waals surface area contributed by atoms with Gasteiger partial charge in [0.2, 0.25) is 0 Å². The summed E-state index contributed by atoms with van der Waals surface area (Å²) in [7, 11) is 0. The van der Waals surface area contributed by atoms with Crippen LogP contribution in [0.4, 0.5) is 5.00 Å². The summed E-state index contributed by atoms with van der Waals surface area (Å²) in [5, 5.41) is 23.0. The van der Waals surface area contributed by atoms with Crippen LogP contribution in [-0.4, -0.2) is 10.0 Å². The van der Waals surface area contributed by atoms with E-state index in [0.717, 1.165) is 10.4 Å². The molecule has 0 saturated carbocycles. The first kappa shape index (κ1) is 12.5. The first-order valence-corrected chi connectivity index (χ1v) is 6.18. The third kappa shape index (κ3) is 3.28. The van der Waals surface area contributed by atoms with E-state index in [0.29, 0.717) is 13.1 Å². The zero-order chi connectivity index (χ0) is 13.0. The third-order valence-corrected chi connectivity index (χ3v) is 3.43. The minimum absolute atomic E-state index is 0.163. The quantitative estimate of drug-likeness (QED) is 0.643. The molecule has 2 aromatic rings. The fourth-order valence-corrected chi connectivity index (χ4v) is 2.29. The Morgan fingerprint density at radius 3 is 2.50 bits per heavy atom. The molecule has 0 aliphatic heterocycles. The normalized spacial score (nSPS) is 10.4. The molecule has 1 heterocycles. The number of hydrogen-bond donors (Lipinski definition) is 2. The monoisotopic (exact) mass is 264 g/mol. The maximum absolute atomic E-state index is 10.5. The number of rotatable bonds is 5. The van der Waals surface area contributed by atoms with Gasteiger partial charge in [-0.25, -0.2) is 0 Å².